The highest BCUT2D eigenvalue weighted by Gasteiger charge is 2.25. The fourth-order valence-electron chi connectivity index (χ4n) is 1.00. The van der Waals surface area contributed by atoms with Crippen LogP contribution >= 0.6 is 11.6 Å². The summed E-state index contributed by atoms with van der Waals surface area (Å²) in [6.07, 6.45) is -1.26. The summed E-state index contributed by atoms with van der Waals surface area (Å²) in [6.45, 7) is 0. The van der Waals surface area contributed by atoms with Crippen molar-refractivity contribution in [3.05, 3.63) is 34.9 Å². The lowest BCUT2D eigenvalue weighted by molar-refractivity contribution is -0.0605. The molecule has 2 rings (SSSR count). The van der Waals surface area contributed by atoms with Crippen molar-refractivity contribution >= 4 is 17.7 Å². The van der Waals surface area contributed by atoms with E-state index < -0.39 is 12.4 Å². The van der Waals surface area contributed by atoms with Gasteiger partial charge in [-0.05, 0) is 12.1 Å². The summed E-state index contributed by atoms with van der Waals surface area (Å²) in [5, 5.41) is 0.626. The molecule has 1 atom stereocenters. The van der Waals surface area contributed by atoms with Gasteiger partial charge in [-0.2, -0.15) is 5.48 Å². The quantitative estimate of drug-likeness (QED) is 0.753. The molecule has 1 aromatic carbocycles. The van der Waals surface area contributed by atoms with E-state index in [9.17, 15) is 4.79 Å². The number of nitrogens with one attached hydrogen (secondary N) is 1. The molecular formula is C8H6ClNO3. The van der Waals surface area contributed by atoms with Crippen molar-refractivity contribution in [2.45, 2.75) is 6.29 Å². The summed E-state index contributed by atoms with van der Waals surface area (Å²) in [6, 6.07) is 6.86. The Morgan fingerprint density at radius 2 is 2.00 bits per heavy atom. The van der Waals surface area contributed by atoms with Gasteiger partial charge in [0.1, 0.15) is 0 Å². The fraction of sp³-hybridized carbons (Fsp3) is 0.125. The highest BCUT2D eigenvalue weighted by molar-refractivity contribution is 6.30. The lowest BCUT2D eigenvalue weighted by Gasteiger charge is -2.05. The van der Waals surface area contributed by atoms with Crippen LogP contribution < -0.4 is 5.48 Å². The number of hydrogen-bond acceptors (Lipinski definition) is 3. The third-order valence-corrected chi connectivity index (χ3v) is 1.86. The number of ether oxygens (including phenoxy) is 1. The molecule has 0 bridgehead atoms. The number of carbonyl (C=O) groups excluding carboxylic acids is 1. The molecule has 1 unspecified atom stereocenters. The zero-order chi connectivity index (χ0) is 9.26. The Kier molecular flexibility index (Phi) is 2.08. The van der Waals surface area contributed by atoms with E-state index in [0.717, 1.165) is 5.56 Å². The van der Waals surface area contributed by atoms with E-state index in [2.05, 4.69) is 5.48 Å². The van der Waals surface area contributed by atoms with Crippen molar-refractivity contribution < 1.29 is 14.4 Å². The Bertz CT molecular complexity index is 325. The molecule has 4 nitrogen and oxygen atoms in total. The molecular weight excluding hydrogens is 194 g/mol. The minimum absolute atomic E-state index is 0.583. The third-order valence-electron chi connectivity index (χ3n) is 1.61. The topological polar surface area (TPSA) is 47.6 Å². The van der Waals surface area contributed by atoms with Gasteiger partial charge in [0.2, 0.25) is 0 Å². The molecule has 0 saturated carbocycles. The number of hydroxylamine groups is 1. The van der Waals surface area contributed by atoms with Crippen LogP contribution in [0.1, 0.15) is 11.9 Å². The molecule has 68 valence electrons. The highest BCUT2D eigenvalue weighted by atomic mass is 35.5. The summed E-state index contributed by atoms with van der Waals surface area (Å²) in [7, 11) is 0. The molecule has 0 radical (unpaired) electrons. The van der Waals surface area contributed by atoms with Crippen molar-refractivity contribution in [3.63, 3.8) is 0 Å². The molecule has 1 amide bonds. The maximum absolute atomic E-state index is 10.6. The maximum atomic E-state index is 10.6. The van der Waals surface area contributed by atoms with Crippen LogP contribution in [-0.4, -0.2) is 6.09 Å². The SMILES string of the molecule is O=C1NOC(c2ccc(Cl)cc2)O1. The number of hydrogen-bond donors (Lipinski definition) is 1. The molecule has 0 aromatic heterocycles. The molecule has 1 fully saturated rings. The van der Waals surface area contributed by atoms with E-state index in [4.69, 9.17) is 21.2 Å². The Balaban J connectivity index is 2.17. The molecule has 5 heteroatoms. The monoisotopic (exact) mass is 199 g/mol. The van der Waals surface area contributed by atoms with Crippen LogP contribution in [0.2, 0.25) is 5.02 Å². The van der Waals surface area contributed by atoms with Gasteiger partial charge in [-0.25, -0.2) is 9.63 Å². The van der Waals surface area contributed by atoms with Crippen LogP contribution in [0.3, 0.4) is 0 Å². The molecule has 1 heterocycles. The van der Waals surface area contributed by atoms with Crippen molar-refractivity contribution in [2.24, 2.45) is 0 Å². The van der Waals surface area contributed by atoms with Crippen LogP contribution in [0.5, 0.6) is 0 Å². The first-order valence-corrected chi connectivity index (χ1v) is 4.01. The predicted octanol–water partition coefficient (Wildman–Crippen LogP) is 2.01. The molecule has 0 spiro atoms. The standard InChI is InChI=1S/C8H6ClNO3/c9-6-3-1-5(2-4-6)7-12-8(11)10-13-7/h1-4,7H,(H,10,11). The van der Waals surface area contributed by atoms with Gasteiger partial charge in [0.15, 0.2) is 0 Å². The Hall–Kier alpha value is -1.26. The third kappa shape index (κ3) is 1.74. The van der Waals surface area contributed by atoms with Crippen LogP contribution in [0.15, 0.2) is 24.3 Å². The Morgan fingerprint density at radius 1 is 1.31 bits per heavy atom. The number of carbonyl (C=O) groups is 1. The van der Waals surface area contributed by atoms with Crippen LogP contribution in [0.25, 0.3) is 0 Å². The minimum Gasteiger partial charge on any atom is -0.411 e. The van der Waals surface area contributed by atoms with Crippen LogP contribution in [-0.2, 0) is 9.57 Å². The maximum Gasteiger partial charge on any atom is 0.434 e. The van der Waals surface area contributed by atoms with Gasteiger partial charge < -0.3 is 4.74 Å². The Labute approximate surface area is 79.4 Å². The zero-order valence-electron chi connectivity index (χ0n) is 6.49. The smallest absolute Gasteiger partial charge is 0.411 e. The summed E-state index contributed by atoms with van der Waals surface area (Å²) in [5.41, 5.74) is 2.83. The number of amides is 1. The lowest BCUT2D eigenvalue weighted by Crippen LogP contribution is -2.10. The Morgan fingerprint density at radius 3 is 2.54 bits per heavy atom. The van der Waals surface area contributed by atoms with Gasteiger partial charge in [-0.1, -0.05) is 23.7 Å². The van der Waals surface area contributed by atoms with Gasteiger partial charge >= 0.3 is 6.09 Å². The summed E-state index contributed by atoms with van der Waals surface area (Å²) in [5.74, 6) is 0. The van der Waals surface area contributed by atoms with Crippen molar-refractivity contribution in [3.8, 4) is 0 Å². The highest BCUT2D eigenvalue weighted by Crippen LogP contribution is 2.23. The minimum atomic E-state index is -0.676. The number of halogens is 1. The van der Waals surface area contributed by atoms with Crippen molar-refractivity contribution in [1.29, 1.82) is 0 Å². The van der Waals surface area contributed by atoms with E-state index >= 15 is 0 Å². The molecule has 1 saturated heterocycles. The molecule has 1 N–H and O–H groups in total. The number of cyclic esters (lactones) is 1. The van der Waals surface area contributed by atoms with E-state index in [0.29, 0.717) is 5.02 Å². The average molecular weight is 200 g/mol. The number of benzene rings is 1. The fourth-order valence-corrected chi connectivity index (χ4v) is 1.13. The molecule has 13 heavy (non-hydrogen) atoms. The van der Waals surface area contributed by atoms with Crippen molar-refractivity contribution in [2.75, 3.05) is 0 Å². The largest absolute Gasteiger partial charge is 0.434 e. The summed E-state index contributed by atoms with van der Waals surface area (Å²) < 4.78 is 4.77. The predicted molar refractivity (Wildman–Crippen MR) is 44.9 cm³/mol. The lowest BCUT2D eigenvalue weighted by atomic mass is 10.2. The van der Waals surface area contributed by atoms with Crippen LogP contribution in [0.4, 0.5) is 4.79 Å². The number of rotatable bonds is 1. The first-order valence-electron chi connectivity index (χ1n) is 3.63. The first kappa shape index (κ1) is 8.34. The van der Waals surface area contributed by atoms with E-state index in [-0.39, 0.29) is 0 Å². The second-order valence-corrected chi connectivity index (χ2v) is 2.95. The second-order valence-electron chi connectivity index (χ2n) is 2.51. The molecule has 0 aliphatic carbocycles. The van der Waals surface area contributed by atoms with E-state index in [1.165, 1.54) is 0 Å². The summed E-state index contributed by atoms with van der Waals surface area (Å²) in [4.78, 5) is 15.4. The van der Waals surface area contributed by atoms with Crippen molar-refractivity contribution in [1.82, 2.24) is 5.48 Å². The van der Waals surface area contributed by atoms with Gasteiger partial charge in [0, 0.05) is 10.6 Å². The second kappa shape index (κ2) is 3.24. The van der Waals surface area contributed by atoms with Gasteiger partial charge in [-0.15, -0.1) is 0 Å². The molecule has 1 aliphatic rings. The van der Waals surface area contributed by atoms with Gasteiger partial charge in [0.05, 0.1) is 0 Å². The normalized spacial score (nSPS) is 21.0. The van der Waals surface area contributed by atoms with Gasteiger partial charge in [0.25, 0.3) is 6.29 Å². The van der Waals surface area contributed by atoms with E-state index in [1.54, 1.807) is 24.3 Å². The zero-order valence-corrected chi connectivity index (χ0v) is 7.25. The van der Waals surface area contributed by atoms with Crippen LogP contribution in [0, 0.1) is 0 Å². The average Bonchev–Trinajstić information content (AvgIpc) is 2.53. The summed E-state index contributed by atoms with van der Waals surface area (Å²) >= 11 is 5.68. The van der Waals surface area contributed by atoms with E-state index in [1.807, 2.05) is 0 Å². The first-order chi connectivity index (χ1) is 6.25. The molecule has 1 aromatic rings. The van der Waals surface area contributed by atoms with Gasteiger partial charge in [-0.3, -0.25) is 0 Å². The molecule has 1 aliphatic heterocycles.